The summed E-state index contributed by atoms with van der Waals surface area (Å²) in [7, 11) is 0. The smallest absolute Gasteiger partial charge is 0.254 e. The minimum atomic E-state index is -0.0641. The van der Waals surface area contributed by atoms with Crippen molar-refractivity contribution in [3.05, 3.63) is 18.0 Å². The molecule has 2 unspecified atom stereocenters. The lowest BCUT2D eigenvalue weighted by Crippen LogP contribution is -2.37. The van der Waals surface area contributed by atoms with Crippen LogP contribution < -0.4 is 5.32 Å². The van der Waals surface area contributed by atoms with Gasteiger partial charge in [0.15, 0.2) is 0 Å². The highest BCUT2D eigenvalue weighted by molar-refractivity contribution is 6.18. The molecule has 1 aliphatic rings. The third kappa shape index (κ3) is 2.31. The van der Waals surface area contributed by atoms with Crippen LogP contribution in [-0.4, -0.2) is 28.0 Å². The van der Waals surface area contributed by atoms with E-state index >= 15 is 0 Å². The molecule has 1 aliphatic carbocycles. The molecule has 1 amide bonds. The van der Waals surface area contributed by atoms with Crippen LogP contribution in [0, 0.1) is 5.92 Å². The zero-order chi connectivity index (χ0) is 10.7. The quantitative estimate of drug-likeness (QED) is 0.770. The minimum Gasteiger partial charge on any atom is -0.349 e. The number of aromatic amines is 1. The lowest BCUT2D eigenvalue weighted by molar-refractivity contribution is 0.0930. The van der Waals surface area contributed by atoms with Gasteiger partial charge in [0.05, 0.1) is 11.8 Å². The summed E-state index contributed by atoms with van der Waals surface area (Å²) in [6.07, 6.45) is 6.41. The standard InChI is InChI=1S/C10H14ClN3O/c11-4-7-2-1-3-9(7)14-10(15)8-5-12-13-6-8/h5-7,9H,1-4H2,(H,12,13)(H,14,15). The van der Waals surface area contributed by atoms with Gasteiger partial charge in [0, 0.05) is 18.1 Å². The van der Waals surface area contributed by atoms with Crippen molar-refractivity contribution in [1.29, 1.82) is 0 Å². The number of carbonyl (C=O) groups is 1. The Morgan fingerprint density at radius 2 is 2.53 bits per heavy atom. The second-order valence-corrected chi connectivity index (χ2v) is 4.22. The van der Waals surface area contributed by atoms with E-state index in [1.165, 1.54) is 6.20 Å². The fourth-order valence-electron chi connectivity index (χ4n) is 2.04. The molecule has 1 saturated carbocycles. The Balaban J connectivity index is 1.94. The Morgan fingerprint density at radius 3 is 3.20 bits per heavy atom. The predicted molar refractivity (Wildman–Crippen MR) is 57.9 cm³/mol. The van der Waals surface area contributed by atoms with Gasteiger partial charge in [0.25, 0.3) is 5.91 Å². The van der Waals surface area contributed by atoms with Gasteiger partial charge in [-0.25, -0.2) is 0 Å². The topological polar surface area (TPSA) is 57.8 Å². The molecule has 0 aliphatic heterocycles. The summed E-state index contributed by atoms with van der Waals surface area (Å²) < 4.78 is 0. The third-order valence-electron chi connectivity index (χ3n) is 2.93. The van der Waals surface area contributed by atoms with Crippen LogP contribution in [-0.2, 0) is 0 Å². The average Bonchev–Trinajstić information content (AvgIpc) is 2.87. The van der Waals surface area contributed by atoms with Gasteiger partial charge in [-0.1, -0.05) is 6.42 Å². The molecule has 2 N–H and O–H groups in total. The second-order valence-electron chi connectivity index (χ2n) is 3.91. The van der Waals surface area contributed by atoms with Crippen molar-refractivity contribution >= 4 is 17.5 Å². The molecule has 82 valence electrons. The zero-order valence-corrected chi connectivity index (χ0v) is 9.13. The maximum atomic E-state index is 11.7. The van der Waals surface area contributed by atoms with E-state index in [2.05, 4.69) is 15.5 Å². The van der Waals surface area contributed by atoms with E-state index in [0.717, 1.165) is 19.3 Å². The Bertz CT molecular complexity index is 325. The summed E-state index contributed by atoms with van der Waals surface area (Å²) in [4.78, 5) is 11.7. The number of nitrogens with zero attached hydrogens (tertiary/aromatic N) is 1. The lowest BCUT2D eigenvalue weighted by Gasteiger charge is -2.18. The van der Waals surface area contributed by atoms with Gasteiger partial charge in [0.1, 0.15) is 0 Å². The second kappa shape index (κ2) is 4.66. The molecule has 1 fully saturated rings. The summed E-state index contributed by atoms with van der Waals surface area (Å²) in [6, 6.07) is 0.227. The van der Waals surface area contributed by atoms with Crippen LogP contribution >= 0.6 is 11.6 Å². The summed E-state index contributed by atoms with van der Waals surface area (Å²) in [5, 5.41) is 9.37. The van der Waals surface area contributed by atoms with Gasteiger partial charge in [-0.2, -0.15) is 5.10 Å². The van der Waals surface area contributed by atoms with E-state index in [1.54, 1.807) is 6.20 Å². The van der Waals surface area contributed by atoms with Gasteiger partial charge in [-0.15, -0.1) is 11.6 Å². The third-order valence-corrected chi connectivity index (χ3v) is 3.33. The summed E-state index contributed by atoms with van der Waals surface area (Å²) in [6.45, 7) is 0. The number of H-pyrrole nitrogens is 1. The molecule has 2 rings (SSSR count). The number of alkyl halides is 1. The summed E-state index contributed by atoms with van der Waals surface area (Å²) in [5.41, 5.74) is 0.579. The fraction of sp³-hybridized carbons (Fsp3) is 0.600. The molecule has 1 aromatic rings. The number of carbonyl (C=O) groups excluding carboxylic acids is 1. The molecule has 0 radical (unpaired) electrons. The van der Waals surface area contributed by atoms with Crippen LogP contribution in [0.25, 0.3) is 0 Å². The van der Waals surface area contributed by atoms with Crippen molar-refractivity contribution in [2.75, 3.05) is 5.88 Å². The average molecular weight is 228 g/mol. The Morgan fingerprint density at radius 1 is 1.67 bits per heavy atom. The van der Waals surface area contributed by atoms with Crippen LogP contribution in [0.3, 0.4) is 0 Å². The maximum Gasteiger partial charge on any atom is 0.254 e. The van der Waals surface area contributed by atoms with Crippen LogP contribution in [0.2, 0.25) is 0 Å². The predicted octanol–water partition coefficient (Wildman–Crippen LogP) is 1.55. The normalized spacial score (nSPS) is 25.4. The van der Waals surface area contributed by atoms with Gasteiger partial charge in [0.2, 0.25) is 0 Å². The molecule has 0 bridgehead atoms. The molecule has 1 heterocycles. The van der Waals surface area contributed by atoms with Gasteiger partial charge >= 0.3 is 0 Å². The zero-order valence-electron chi connectivity index (χ0n) is 8.37. The van der Waals surface area contributed by atoms with Crippen molar-refractivity contribution in [3.63, 3.8) is 0 Å². The SMILES string of the molecule is O=C(NC1CCCC1CCl)c1cn[nH]c1. The number of aromatic nitrogens is 2. The van der Waals surface area contributed by atoms with E-state index in [4.69, 9.17) is 11.6 Å². The lowest BCUT2D eigenvalue weighted by atomic mass is 10.1. The Kier molecular flexibility index (Phi) is 3.26. The summed E-state index contributed by atoms with van der Waals surface area (Å²) >= 11 is 5.84. The first-order valence-corrected chi connectivity index (χ1v) is 5.70. The first-order chi connectivity index (χ1) is 7.31. The molecule has 0 spiro atoms. The van der Waals surface area contributed by atoms with E-state index < -0.39 is 0 Å². The molecule has 4 nitrogen and oxygen atoms in total. The van der Waals surface area contributed by atoms with E-state index in [-0.39, 0.29) is 11.9 Å². The number of hydrogen-bond donors (Lipinski definition) is 2. The Labute approximate surface area is 93.4 Å². The van der Waals surface area contributed by atoms with Crippen LogP contribution in [0.5, 0.6) is 0 Å². The molecule has 15 heavy (non-hydrogen) atoms. The van der Waals surface area contributed by atoms with Crippen LogP contribution in [0.15, 0.2) is 12.4 Å². The molecule has 0 saturated heterocycles. The summed E-state index contributed by atoms with van der Waals surface area (Å²) in [5.74, 6) is 0.976. The van der Waals surface area contributed by atoms with Gasteiger partial charge in [-0.05, 0) is 18.8 Å². The number of rotatable bonds is 3. The van der Waals surface area contributed by atoms with Crippen molar-refractivity contribution in [2.45, 2.75) is 25.3 Å². The molecule has 0 aromatic carbocycles. The van der Waals surface area contributed by atoms with Crippen molar-refractivity contribution in [2.24, 2.45) is 5.92 Å². The van der Waals surface area contributed by atoms with E-state index in [1.807, 2.05) is 0 Å². The van der Waals surface area contributed by atoms with Crippen molar-refractivity contribution in [1.82, 2.24) is 15.5 Å². The first-order valence-electron chi connectivity index (χ1n) is 5.17. The maximum absolute atomic E-state index is 11.7. The molecular weight excluding hydrogens is 214 g/mol. The molecular formula is C10H14ClN3O. The van der Waals surface area contributed by atoms with E-state index in [9.17, 15) is 4.79 Å². The highest BCUT2D eigenvalue weighted by atomic mass is 35.5. The molecule has 2 atom stereocenters. The van der Waals surface area contributed by atoms with Crippen molar-refractivity contribution in [3.8, 4) is 0 Å². The highest BCUT2D eigenvalue weighted by Gasteiger charge is 2.28. The first kappa shape index (κ1) is 10.5. The fourth-order valence-corrected chi connectivity index (χ4v) is 2.41. The number of hydrogen-bond acceptors (Lipinski definition) is 2. The van der Waals surface area contributed by atoms with Crippen molar-refractivity contribution < 1.29 is 4.79 Å². The molecule has 1 aromatic heterocycles. The van der Waals surface area contributed by atoms with Gasteiger partial charge in [-0.3, -0.25) is 9.89 Å². The van der Waals surface area contributed by atoms with Crippen LogP contribution in [0.4, 0.5) is 0 Å². The monoisotopic (exact) mass is 227 g/mol. The van der Waals surface area contributed by atoms with Gasteiger partial charge < -0.3 is 5.32 Å². The number of amides is 1. The molecule has 5 heteroatoms. The minimum absolute atomic E-state index is 0.0641. The highest BCUT2D eigenvalue weighted by Crippen LogP contribution is 2.26. The van der Waals surface area contributed by atoms with Crippen LogP contribution in [0.1, 0.15) is 29.6 Å². The Hall–Kier alpha value is -1.03. The van der Waals surface area contributed by atoms with E-state index in [0.29, 0.717) is 17.4 Å². The number of halogens is 1. The number of nitrogens with one attached hydrogen (secondary N) is 2. The largest absolute Gasteiger partial charge is 0.349 e.